The van der Waals surface area contributed by atoms with Gasteiger partial charge in [0, 0.05) is 30.3 Å². The zero-order valence-corrected chi connectivity index (χ0v) is 17.8. The predicted octanol–water partition coefficient (Wildman–Crippen LogP) is 3.72. The van der Waals surface area contributed by atoms with E-state index in [1.165, 1.54) is 12.7 Å². The minimum Gasteiger partial charge on any atom is -0.469 e. The van der Waals surface area contributed by atoms with Crippen LogP contribution in [0, 0.1) is 6.92 Å². The molecular weight excluding hydrogens is 396 g/mol. The van der Waals surface area contributed by atoms with Crippen molar-refractivity contribution in [1.29, 1.82) is 0 Å². The normalized spacial score (nSPS) is 18.3. The zero-order chi connectivity index (χ0) is 21.1. The second-order valence-corrected chi connectivity index (χ2v) is 7.67. The average molecular weight is 421 g/mol. The van der Waals surface area contributed by atoms with Crippen molar-refractivity contribution in [3.8, 4) is 5.69 Å². The van der Waals surface area contributed by atoms with Gasteiger partial charge in [0.15, 0.2) is 5.11 Å². The van der Waals surface area contributed by atoms with Crippen LogP contribution >= 0.6 is 12.2 Å². The first-order valence-corrected chi connectivity index (χ1v) is 10.3. The highest BCUT2D eigenvalue weighted by atomic mass is 32.1. The molecule has 1 aliphatic heterocycles. The number of carbonyl (C=O) groups is 1. The summed E-state index contributed by atoms with van der Waals surface area (Å²) in [6.45, 7) is 2.55. The van der Waals surface area contributed by atoms with Crippen LogP contribution in [0.5, 0.6) is 0 Å². The van der Waals surface area contributed by atoms with Crippen LogP contribution in [0.2, 0.25) is 0 Å². The van der Waals surface area contributed by atoms with Gasteiger partial charge in [0.2, 0.25) is 0 Å². The van der Waals surface area contributed by atoms with Crippen LogP contribution in [0.4, 0.5) is 0 Å². The van der Waals surface area contributed by atoms with E-state index < -0.39 is 0 Å². The van der Waals surface area contributed by atoms with Gasteiger partial charge >= 0.3 is 5.97 Å². The number of carbonyl (C=O) groups excluding carboxylic acids is 1. The minimum absolute atomic E-state index is 0.118. The Labute approximate surface area is 181 Å². The van der Waals surface area contributed by atoms with Crippen molar-refractivity contribution in [2.75, 3.05) is 13.7 Å². The van der Waals surface area contributed by atoms with Gasteiger partial charge in [-0.15, -0.1) is 0 Å². The number of hydrogen-bond acceptors (Lipinski definition) is 4. The third kappa shape index (κ3) is 3.93. The van der Waals surface area contributed by atoms with E-state index in [2.05, 4.69) is 63.2 Å². The van der Waals surface area contributed by atoms with E-state index >= 15 is 0 Å². The number of rotatable bonds is 6. The summed E-state index contributed by atoms with van der Waals surface area (Å²) in [6, 6.07) is 18.1. The molecule has 0 amide bonds. The minimum atomic E-state index is -0.257. The summed E-state index contributed by atoms with van der Waals surface area (Å²) in [5.41, 5.74) is 4.26. The first-order chi connectivity index (χ1) is 14.6. The third-order valence-electron chi connectivity index (χ3n) is 5.35. The highest BCUT2D eigenvalue weighted by Crippen LogP contribution is 2.39. The van der Waals surface area contributed by atoms with E-state index in [1.54, 1.807) is 6.20 Å². The van der Waals surface area contributed by atoms with Gasteiger partial charge in [-0.05, 0) is 61.1 Å². The Hall–Kier alpha value is -3.19. The van der Waals surface area contributed by atoms with Crippen molar-refractivity contribution < 1.29 is 9.53 Å². The predicted molar refractivity (Wildman–Crippen MR) is 119 cm³/mol. The van der Waals surface area contributed by atoms with Crippen LogP contribution in [0.3, 0.4) is 0 Å². The molecule has 6 nitrogen and oxygen atoms in total. The molecule has 1 aromatic carbocycles. The number of nitrogens with zero attached hydrogens (tertiary/aromatic N) is 3. The summed E-state index contributed by atoms with van der Waals surface area (Å²) in [5, 5.41) is 4.03. The molecule has 2 atom stereocenters. The largest absolute Gasteiger partial charge is 0.469 e. The summed E-state index contributed by atoms with van der Waals surface area (Å²) in [5.74, 6) is -0.257. The fourth-order valence-corrected chi connectivity index (χ4v) is 4.26. The molecule has 1 aliphatic rings. The van der Waals surface area contributed by atoms with Crippen molar-refractivity contribution in [3.05, 3.63) is 83.9 Å². The summed E-state index contributed by atoms with van der Waals surface area (Å²) < 4.78 is 7.02. The van der Waals surface area contributed by atoms with E-state index in [0.29, 0.717) is 11.7 Å². The van der Waals surface area contributed by atoms with Gasteiger partial charge in [-0.3, -0.25) is 9.78 Å². The monoisotopic (exact) mass is 420 g/mol. The lowest BCUT2D eigenvalue weighted by Gasteiger charge is -2.28. The molecule has 3 aromatic rings. The van der Waals surface area contributed by atoms with Crippen LogP contribution in [-0.4, -0.2) is 39.2 Å². The Kier molecular flexibility index (Phi) is 5.81. The second-order valence-electron chi connectivity index (χ2n) is 7.29. The van der Waals surface area contributed by atoms with Crippen LogP contribution < -0.4 is 5.32 Å². The Balaban J connectivity index is 1.76. The van der Waals surface area contributed by atoms with Crippen molar-refractivity contribution >= 4 is 23.3 Å². The number of aryl methyl sites for hydroxylation is 1. The van der Waals surface area contributed by atoms with E-state index in [0.717, 1.165) is 17.1 Å². The molecule has 0 spiro atoms. The Bertz CT molecular complexity index is 1050. The molecule has 0 saturated carbocycles. The molecule has 154 valence electrons. The molecule has 2 aromatic heterocycles. The summed E-state index contributed by atoms with van der Waals surface area (Å²) in [4.78, 5) is 18.4. The molecule has 1 fully saturated rings. The van der Waals surface area contributed by atoms with E-state index in [1.807, 2.05) is 24.3 Å². The molecule has 30 heavy (non-hydrogen) atoms. The third-order valence-corrected chi connectivity index (χ3v) is 5.70. The lowest BCUT2D eigenvalue weighted by Crippen LogP contribution is -2.32. The number of pyridine rings is 1. The number of ether oxygens (including phenoxy) is 1. The second kappa shape index (κ2) is 8.67. The number of benzene rings is 1. The number of methoxy groups -OCH3 is 1. The van der Waals surface area contributed by atoms with E-state index in [4.69, 9.17) is 17.0 Å². The Morgan fingerprint density at radius 3 is 2.80 bits per heavy atom. The molecule has 3 heterocycles. The standard InChI is InChI=1S/C23H24N4O2S/c1-16-7-5-8-17(15-16)26-13-6-10-19(26)22-21(18-9-3-4-12-24-18)25-23(30)27(22)14-11-20(28)29-2/h3-10,12-13,15,21-22H,11,14H2,1-2H3,(H,25,30)/t21-,22+/m0/s1. The van der Waals surface area contributed by atoms with Crippen molar-refractivity contribution in [2.24, 2.45) is 0 Å². The quantitative estimate of drug-likeness (QED) is 0.485. The highest BCUT2D eigenvalue weighted by Gasteiger charge is 2.41. The fraction of sp³-hybridized carbons (Fsp3) is 0.261. The zero-order valence-electron chi connectivity index (χ0n) is 17.0. The smallest absolute Gasteiger partial charge is 0.307 e. The number of nitrogens with one attached hydrogen (secondary N) is 1. The first-order valence-electron chi connectivity index (χ1n) is 9.87. The average Bonchev–Trinajstić information content (AvgIpc) is 3.36. The SMILES string of the molecule is COC(=O)CCN1C(=S)N[C@@H](c2ccccn2)[C@H]1c1cccn1-c1cccc(C)c1. The maximum atomic E-state index is 11.8. The van der Waals surface area contributed by atoms with E-state index in [-0.39, 0.29) is 24.5 Å². The topological polar surface area (TPSA) is 59.4 Å². The van der Waals surface area contributed by atoms with Crippen molar-refractivity contribution in [2.45, 2.75) is 25.4 Å². The fourth-order valence-electron chi connectivity index (χ4n) is 3.93. The highest BCUT2D eigenvalue weighted by molar-refractivity contribution is 7.80. The molecule has 1 N–H and O–H groups in total. The number of aromatic nitrogens is 2. The van der Waals surface area contributed by atoms with Crippen molar-refractivity contribution in [1.82, 2.24) is 19.8 Å². The molecule has 1 saturated heterocycles. The lowest BCUT2D eigenvalue weighted by atomic mass is 10.0. The van der Waals surface area contributed by atoms with Crippen LogP contribution in [0.15, 0.2) is 67.0 Å². The lowest BCUT2D eigenvalue weighted by molar-refractivity contribution is -0.140. The molecule has 0 bridgehead atoms. The van der Waals surface area contributed by atoms with Gasteiger partial charge < -0.3 is 19.5 Å². The molecule has 0 unspecified atom stereocenters. The van der Waals surface area contributed by atoms with Gasteiger partial charge in [-0.25, -0.2) is 0 Å². The number of thiocarbonyl (C=S) groups is 1. The van der Waals surface area contributed by atoms with Gasteiger partial charge in [0.05, 0.1) is 31.3 Å². The van der Waals surface area contributed by atoms with Gasteiger partial charge in [0.25, 0.3) is 0 Å². The van der Waals surface area contributed by atoms with Gasteiger partial charge in [-0.2, -0.15) is 0 Å². The van der Waals surface area contributed by atoms with E-state index in [9.17, 15) is 4.79 Å². The molecule has 0 radical (unpaired) electrons. The van der Waals surface area contributed by atoms with Crippen LogP contribution in [0.1, 0.15) is 35.5 Å². The maximum absolute atomic E-state index is 11.8. The first kappa shape index (κ1) is 20.1. The summed E-state index contributed by atoms with van der Waals surface area (Å²) in [7, 11) is 1.40. The van der Waals surface area contributed by atoms with Crippen molar-refractivity contribution in [3.63, 3.8) is 0 Å². The van der Waals surface area contributed by atoms with Crippen LogP contribution in [-0.2, 0) is 9.53 Å². The van der Waals surface area contributed by atoms with Crippen LogP contribution in [0.25, 0.3) is 5.69 Å². The molecular formula is C23H24N4O2S. The maximum Gasteiger partial charge on any atom is 0.307 e. The Morgan fingerprint density at radius 1 is 1.20 bits per heavy atom. The summed E-state index contributed by atoms with van der Waals surface area (Å²) in [6.07, 6.45) is 4.10. The number of hydrogen-bond donors (Lipinski definition) is 1. The molecule has 0 aliphatic carbocycles. The van der Waals surface area contributed by atoms with Gasteiger partial charge in [-0.1, -0.05) is 18.2 Å². The molecule has 4 rings (SSSR count). The Morgan fingerprint density at radius 2 is 2.07 bits per heavy atom. The molecule has 7 heteroatoms. The number of esters is 1. The summed E-state index contributed by atoms with van der Waals surface area (Å²) >= 11 is 5.66. The van der Waals surface area contributed by atoms with Gasteiger partial charge in [0.1, 0.15) is 0 Å².